The number of imidazole rings is 1. The van der Waals surface area contributed by atoms with Gasteiger partial charge in [0.05, 0.1) is 5.52 Å². The largest absolute Gasteiger partial charge is 0.480 e. The van der Waals surface area contributed by atoms with Crippen molar-refractivity contribution in [2.75, 3.05) is 6.26 Å². The first-order valence-corrected chi connectivity index (χ1v) is 8.73. The SMILES string of the molecule is CC(C)[C@@H](NC(=O)c1nc(S(C)(=O)=O)n2ccccc12)C(=O)O. The summed E-state index contributed by atoms with van der Waals surface area (Å²) in [5.41, 5.74) is 0.163. The average molecular weight is 339 g/mol. The van der Waals surface area contributed by atoms with Crippen LogP contribution >= 0.6 is 0 Å². The predicted molar refractivity (Wildman–Crippen MR) is 82.0 cm³/mol. The van der Waals surface area contributed by atoms with Crippen LogP contribution in [0.4, 0.5) is 0 Å². The van der Waals surface area contributed by atoms with Crippen molar-refractivity contribution in [1.82, 2.24) is 14.7 Å². The van der Waals surface area contributed by atoms with Crippen molar-refractivity contribution in [2.24, 2.45) is 5.92 Å². The number of carboxylic acid groups (broad SMARTS) is 1. The van der Waals surface area contributed by atoms with Gasteiger partial charge in [-0.3, -0.25) is 9.20 Å². The van der Waals surface area contributed by atoms with Gasteiger partial charge in [0.25, 0.3) is 5.91 Å². The Bertz CT molecular complexity index is 870. The lowest BCUT2D eigenvalue weighted by Crippen LogP contribution is -2.44. The summed E-state index contributed by atoms with van der Waals surface area (Å²) >= 11 is 0. The molecule has 8 nitrogen and oxygen atoms in total. The van der Waals surface area contributed by atoms with Crippen LogP contribution in [0.25, 0.3) is 5.52 Å². The molecule has 0 saturated heterocycles. The lowest BCUT2D eigenvalue weighted by Gasteiger charge is -2.17. The number of pyridine rings is 1. The Kier molecular flexibility index (Phi) is 4.42. The average Bonchev–Trinajstić information content (AvgIpc) is 2.83. The molecule has 0 aliphatic carbocycles. The Hall–Kier alpha value is -2.42. The van der Waals surface area contributed by atoms with Gasteiger partial charge in [0, 0.05) is 12.5 Å². The maximum atomic E-state index is 12.4. The van der Waals surface area contributed by atoms with E-state index in [1.807, 2.05) is 0 Å². The summed E-state index contributed by atoms with van der Waals surface area (Å²) in [5, 5.41) is 11.3. The van der Waals surface area contributed by atoms with E-state index in [0.717, 1.165) is 6.26 Å². The number of aliphatic carboxylic acids is 1. The van der Waals surface area contributed by atoms with Crippen LogP contribution in [0.15, 0.2) is 29.6 Å². The first-order valence-electron chi connectivity index (χ1n) is 6.83. The smallest absolute Gasteiger partial charge is 0.326 e. The highest BCUT2D eigenvalue weighted by molar-refractivity contribution is 7.90. The van der Waals surface area contributed by atoms with Crippen LogP contribution < -0.4 is 5.32 Å². The summed E-state index contributed by atoms with van der Waals surface area (Å²) in [7, 11) is -3.65. The van der Waals surface area contributed by atoms with Gasteiger partial charge in [-0.2, -0.15) is 0 Å². The molecule has 2 N–H and O–H groups in total. The number of rotatable bonds is 5. The fraction of sp³-hybridized carbons (Fsp3) is 0.357. The number of carbonyl (C=O) groups excluding carboxylic acids is 1. The molecule has 9 heteroatoms. The predicted octanol–water partition coefficient (Wildman–Crippen LogP) is 0.577. The van der Waals surface area contributed by atoms with Crippen LogP contribution in [-0.4, -0.2) is 47.1 Å². The summed E-state index contributed by atoms with van der Waals surface area (Å²) in [4.78, 5) is 27.5. The van der Waals surface area contributed by atoms with E-state index in [4.69, 9.17) is 5.11 Å². The van der Waals surface area contributed by atoms with Crippen LogP contribution in [-0.2, 0) is 14.6 Å². The minimum Gasteiger partial charge on any atom is -0.480 e. The second-order valence-electron chi connectivity index (χ2n) is 5.50. The molecular weight excluding hydrogens is 322 g/mol. The highest BCUT2D eigenvalue weighted by Gasteiger charge is 2.28. The van der Waals surface area contributed by atoms with Gasteiger partial charge in [0.2, 0.25) is 15.0 Å². The van der Waals surface area contributed by atoms with Crippen molar-refractivity contribution in [1.29, 1.82) is 0 Å². The third-order valence-corrected chi connectivity index (χ3v) is 4.23. The van der Waals surface area contributed by atoms with Crippen LogP contribution in [0.5, 0.6) is 0 Å². The lowest BCUT2D eigenvalue weighted by atomic mass is 10.0. The third-order valence-electron chi connectivity index (χ3n) is 3.28. The van der Waals surface area contributed by atoms with E-state index < -0.39 is 27.8 Å². The summed E-state index contributed by atoms with van der Waals surface area (Å²) in [6.45, 7) is 3.32. The number of carbonyl (C=O) groups is 2. The Morgan fingerprint density at radius 1 is 1.30 bits per heavy atom. The number of nitrogens with zero attached hydrogens (tertiary/aromatic N) is 2. The summed E-state index contributed by atoms with van der Waals surface area (Å²) in [6.07, 6.45) is 2.47. The van der Waals surface area contributed by atoms with Crippen LogP contribution in [0.3, 0.4) is 0 Å². The Balaban J connectivity index is 2.52. The molecule has 124 valence electrons. The number of hydrogen-bond acceptors (Lipinski definition) is 5. The van der Waals surface area contributed by atoms with E-state index in [0.29, 0.717) is 5.52 Å². The number of fused-ring (bicyclic) bond motifs is 1. The number of sulfone groups is 1. The Morgan fingerprint density at radius 3 is 2.48 bits per heavy atom. The van der Waals surface area contributed by atoms with Gasteiger partial charge in [-0.15, -0.1) is 0 Å². The van der Waals surface area contributed by atoms with Gasteiger partial charge >= 0.3 is 5.97 Å². The molecular formula is C14H17N3O5S. The molecule has 1 amide bonds. The van der Waals surface area contributed by atoms with Gasteiger partial charge in [0.1, 0.15) is 6.04 Å². The highest BCUT2D eigenvalue weighted by Crippen LogP contribution is 2.17. The third kappa shape index (κ3) is 3.34. The van der Waals surface area contributed by atoms with Crippen molar-refractivity contribution in [3.8, 4) is 0 Å². The van der Waals surface area contributed by atoms with E-state index in [2.05, 4.69) is 10.3 Å². The quantitative estimate of drug-likeness (QED) is 0.822. The van der Waals surface area contributed by atoms with E-state index in [-0.39, 0.29) is 16.8 Å². The molecule has 2 aromatic heterocycles. The van der Waals surface area contributed by atoms with Crippen LogP contribution in [0.2, 0.25) is 0 Å². The first-order chi connectivity index (χ1) is 10.6. The molecule has 0 aromatic carbocycles. The van der Waals surface area contributed by atoms with E-state index in [1.165, 1.54) is 10.6 Å². The van der Waals surface area contributed by atoms with E-state index in [9.17, 15) is 18.0 Å². The monoisotopic (exact) mass is 339 g/mol. The normalized spacial score (nSPS) is 13.2. The Labute approximate surface area is 133 Å². The number of carboxylic acids is 1. The van der Waals surface area contributed by atoms with Gasteiger partial charge in [-0.25, -0.2) is 18.2 Å². The maximum absolute atomic E-state index is 12.4. The first kappa shape index (κ1) is 16.9. The molecule has 0 aliphatic heterocycles. The molecule has 2 aromatic rings. The van der Waals surface area contributed by atoms with Crippen molar-refractivity contribution < 1.29 is 23.1 Å². The van der Waals surface area contributed by atoms with Crippen LogP contribution in [0.1, 0.15) is 24.3 Å². The van der Waals surface area contributed by atoms with Gasteiger partial charge in [0.15, 0.2) is 5.69 Å². The van der Waals surface area contributed by atoms with Gasteiger partial charge in [-0.1, -0.05) is 19.9 Å². The molecule has 0 bridgehead atoms. The minimum atomic E-state index is -3.65. The molecule has 0 fully saturated rings. The van der Waals surface area contributed by atoms with Gasteiger partial charge < -0.3 is 10.4 Å². The van der Waals surface area contributed by atoms with E-state index >= 15 is 0 Å². The molecule has 2 heterocycles. The van der Waals surface area contributed by atoms with Crippen molar-refractivity contribution in [3.05, 3.63) is 30.1 Å². The standard InChI is InChI=1S/C14H17N3O5S/c1-8(2)10(13(19)20)15-12(18)11-9-6-4-5-7-17(9)14(16-11)23(3,21)22/h4-8,10H,1-3H3,(H,15,18)(H,19,20)/t10-/m1/s1. The molecule has 0 saturated carbocycles. The fourth-order valence-corrected chi connectivity index (χ4v) is 2.94. The Morgan fingerprint density at radius 2 is 1.96 bits per heavy atom. The van der Waals surface area contributed by atoms with Crippen LogP contribution in [0, 0.1) is 5.92 Å². The van der Waals surface area contributed by atoms with E-state index in [1.54, 1.807) is 32.0 Å². The zero-order valence-corrected chi connectivity index (χ0v) is 13.7. The second kappa shape index (κ2) is 5.99. The highest BCUT2D eigenvalue weighted by atomic mass is 32.2. The molecule has 0 spiro atoms. The molecule has 1 atom stereocenters. The minimum absolute atomic E-state index is 0.127. The van der Waals surface area contributed by atoms with Crippen molar-refractivity contribution in [2.45, 2.75) is 25.0 Å². The molecule has 2 rings (SSSR count). The molecule has 0 radical (unpaired) electrons. The van der Waals surface area contributed by atoms with Crippen molar-refractivity contribution >= 4 is 27.2 Å². The number of nitrogens with one attached hydrogen (secondary N) is 1. The number of amides is 1. The fourth-order valence-electron chi connectivity index (χ4n) is 2.16. The summed E-state index contributed by atoms with van der Waals surface area (Å²) in [5.74, 6) is -2.23. The number of aromatic nitrogens is 2. The zero-order valence-electron chi connectivity index (χ0n) is 12.8. The lowest BCUT2D eigenvalue weighted by molar-refractivity contribution is -0.140. The molecule has 0 unspecified atom stereocenters. The summed E-state index contributed by atoms with van der Waals surface area (Å²) in [6, 6.07) is 3.70. The second-order valence-corrected chi connectivity index (χ2v) is 7.41. The topological polar surface area (TPSA) is 118 Å². The maximum Gasteiger partial charge on any atom is 0.326 e. The van der Waals surface area contributed by atoms with Gasteiger partial charge in [-0.05, 0) is 18.1 Å². The number of hydrogen-bond donors (Lipinski definition) is 2. The molecule has 0 aliphatic rings. The summed E-state index contributed by atoms with van der Waals surface area (Å²) < 4.78 is 24.9. The molecule has 23 heavy (non-hydrogen) atoms. The van der Waals surface area contributed by atoms with Crippen molar-refractivity contribution in [3.63, 3.8) is 0 Å². The zero-order chi connectivity index (χ0) is 17.4.